The molecule has 1 saturated heterocycles. The largest absolute Gasteiger partial charge is 0.382 e. The third-order valence-electron chi connectivity index (χ3n) is 9.03. The Bertz CT molecular complexity index is 1640. The number of dihydropyridines is 1. The first-order valence-corrected chi connectivity index (χ1v) is 16.2. The molecule has 2 aliphatic heterocycles. The van der Waals surface area contributed by atoms with E-state index in [1.165, 1.54) is 0 Å². The maximum absolute atomic E-state index is 13.9. The lowest BCUT2D eigenvalue weighted by Gasteiger charge is -2.36. The van der Waals surface area contributed by atoms with Crippen molar-refractivity contribution in [3.8, 4) is 6.07 Å². The predicted molar refractivity (Wildman–Crippen MR) is 182 cm³/mol. The highest BCUT2D eigenvalue weighted by Gasteiger charge is 2.49. The van der Waals surface area contributed by atoms with Crippen molar-refractivity contribution in [1.29, 1.82) is 5.26 Å². The minimum atomic E-state index is -0.245. The van der Waals surface area contributed by atoms with Crippen LogP contribution in [-0.4, -0.2) is 40.1 Å². The van der Waals surface area contributed by atoms with Crippen LogP contribution in [0.4, 0.5) is 5.82 Å². The zero-order valence-electron chi connectivity index (χ0n) is 27.0. The number of pyridine rings is 1. The summed E-state index contributed by atoms with van der Waals surface area (Å²) in [6, 6.07) is 14.8. The van der Waals surface area contributed by atoms with Crippen LogP contribution in [0.15, 0.2) is 95.0 Å². The Morgan fingerprint density at radius 1 is 1.22 bits per heavy atom. The van der Waals surface area contributed by atoms with Crippen LogP contribution in [-0.2, 0) is 4.79 Å². The number of allylic oxidation sites excluding steroid dienone is 4. The second-order valence-corrected chi connectivity index (χ2v) is 12.5. The Labute approximate surface area is 271 Å². The van der Waals surface area contributed by atoms with E-state index in [0.29, 0.717) is 41.3 Å². The van der Waals surface area contributed by atoms with E-state index >= 15 is 0 Å². The summed E-state index contributed by atoms with van der Waals surface area (Å²) in [4.78, 5) is 37.4. The van der Waals surface area contributed by atoms with E-state index in [4.69, 9.17) is 5.73 Å². The molecule has 9 nitrogen and oxygen atoms in total. The fourth-order valence-electron chi connectivity index (χ4n) is 7.00. The normalized spacial score (nSPS) is 23.3. The molecule has 3 unspecified atom stereocenters. The summed E-state index contributed by atoms with van der Waals surface area (Å²) in [6.07, 6.45) is 13.1. The van der Waals surface area contributed by atoms with Crippen LogP contribution >= 0.6 is 0 Å². The van der Waals surface area contributed by atoms with Gasteiger partial charge in [-0.15, -0.1) is 0 Å². The fourth-order valence-corrected chi connectivity index (χ4v) is 7.00. The molecule has 1 aromatic heterocycles. The van der Waals surface area contributed by atoms with Gasteiger partial charge in [0, 0.05) is 36.1 Å². The molecule has 0 spiro atoms. The molecule has 2 aromatic rings. The maximum Gasteiger partial charge on any atom is 0.264 e. The summed E-state index contributed by atoms with van der Waals surface area (Å²) >= 11 is 0. The number of amides is 2. The highest BCUT2D eigenvalue weighted by atomic mass is 16.2. The molecule has 1 saturated carbocycles. The standard InChI is InChI=1S/C37H43N7O2/c1-5-17-41-35(39)33-32(25-13-15-26(16-14-25)36(45)43-31-12-7-8-18-40-31)24(6-2)20-30(42-33)34-29-11-9-10-27(29)22-44(34)37(46)28(21-38)19-23(3)4/h5,7-8,12-20,23-24,27,29,34,42H,6,9-11,22H2,1-4H3,(H2,39,41)(H,40,43,45)/b17-5-,28-19-/t24?,27?,29?,34-/m0/s1. The molecule has 4 N–H and O–H groups in total. The molecule has 46 heavy (non-hydrogen) atoms. The number of carbonyl (C=O) groups is 2. The number of hydrogen-bond donors (Lipinski definition) is 3. The zero-order chi connectivity index (χ0) is 32.8. The molecule has 3 aliphatic rings. The number of fused-ring (bicyclic) bond motifs is 1. The Kier molecular flexibility index (Phi) is 10.2. The number of anilines is 1. The van der Waals surface area contributed by atoms with Crippen molar-refractivity contribution in [2.75, 3.05) is 11.9 Å². The molecule has 238 valence electrons. The minimum Gasteiger partial charge on any atom is -0.382 e. The van der Waals surface area contributed by atoms with Gasteiger partial charge < -0.3 is 21.3 Å². The summed E-state index contributed by atoms with van der Waals surface area (Å²) in [5.41, 5.74) is 10.9. The Hall–Kier alpha value is -4.97. The number of aliphatic imine (C=N–C) groups is 1. The average molecular weight is 618 g/mol. The lowest BCUT2D eigenvalue weighted by atomic mass is 9.82. The van der Waals surface area contributed by atoms with Crippen LogP contribution in [0, 0.1) is 35.0 Å². The van der Waals surface area contributed by atoms with Gasteiger partial charge in [0.25, 0.3) is 11.8 Å². The highest BCUT2D eigenvalue weighted by molar-refractivity contribution is 6.06. The van der Waals surface area contributed by atoms with Crippen molar-refractivity contribution in [2.24, 2.45) is 34.4 Å². The van der Waals surface area contributed by atoms with Crippen LogP contribution in [0.25, 0.3) is 5.57 Å². The zero-order valence-corrected chi connectivity index (χ0v) is 27.0. The van der Waals surface area contributed by atoms with E-state index < -0.39 is 0 Å². The van der Waals surface area contributed by atoms with Crippen LogP contribution in [0.2, 0.25) is 0 Å². The lowest BCUT2D eigenvalue weighted by Crippen LogP contribution is -2.45. The predicted octanol–water partition coefficient (Wildman–Crippen LogP) is 6.18. The van der Waals surface area contributed by atoms with Gasteiger partial charge in [0.1, 0.15) is 23.3 Å². The van der Waals surface area contributed by atoms with Gasteiger partial charge in [-0.3, -0.25) is 9.59 Å². The van der Waals surface area contributed by atoms with Crippen molar-refractivity contribution in [3.63, 3.8) is 0 Å². The molecular weight excluding hydrogens is 574 g/mol. The van der Waals surface area contributed by atoms with Crippen molar-refractivity contribution in [1.82, 2.24) is 15.2 Å². The van der Waals surface area contributed by atoms with Crippen LogP contribution in [0.1, 0.15) is 69.3 Å². The number of hydrogen-bond acceptors (Lipinski definition) is 6. The number of carbonyl (C=O) groups excluding carboxylic acids is 2. The number of nitrogens with zero attached hydrogens (tertiary/aromatic N) is 4. The number of nitrogens with one attached hydrogen (secondary N) is 2. The fraction of sp³-hybridized carbons (Fsp3) is 0.378. The van der Waals surface area contributed by atoms with Gasteiger partial charge in [-0.2, -0.15) is 5.26 Å². The number of likely N-dealkylation sites (tertiary alicyclic amines) is 1. The Morgan fingerprint density at radius 2 is 2.00 bits per heavy atom. The minimum absolute atomic E-state index is 0.0298. The van der Waals surface area contributed by atoms with Crippen molar-refractivity contribution < 1.29 is 9.59 Å². The number of aromatic nitrogens is 1. The van der Waals surface area contributed by atoms with Crippen LogP contribution in [0.5, 0.6) is 0 Å². The van der Waals surface area contributed by atoms with Crippen LogP contribution < -0.4 is 16.4 Å². The molecule has 0 bridgehead atoms. The topological polar surface area (TPSA) is 136 Å². The van der Waals surface area contributed by atoms with Crippen LogP contribution in [0.3, 0.4) is 0 Å². The molecule has 2 fully saturated rings. The molecule has 1 aliphatic carbocycles. The van der Waals surface area contributed by atoms with E-state index in [1.54, 1.807) is 42.7 Å². The summed E-state index contributed by atoms with van der Waals surface area (Å²) in [6.45, 7) is 8.60. The number of benzene rings is 1. The molecule has 4 atom stereocenters. The maximum atomic E-state index is 13.9. The first kappa shape index (κ1) is 32.4. The quantitative estimate of drug-likeness (QED) is 0.133. The molecular formula is C37H43N7O2. The summed E-state index contributed by atoms with van der Waals surface area (Å²) in [5.74, 6) is 1.12. The van der Waals surface area contributed by atoms with Gasteiger partial charge in [-0.1, -0.05) is 63.6 Å². The van der Waals surface area contributed by atoms with Crippen molar-refractivity contribution in [2.45, 2.75) is 59.4 Å². The molecule has 1 aromatic carbocycles. The third kappa shape index (κ3) is 6.81. The second kappa shape index (κ2) is 14.4. The molecule has 5 rings (SSSR count). The average Bonchev–Trinajstić information content (AvgIpc) is 3.67. The van der Waals surface area contributed by atoms with Gasteiger partial charge in [-0.05, 0) is 79.3 Å². The first-order chi connectivity index (χ1) is 22.2. The van der Waals surface area contributed by atoms with E-state index in [2.05, 4.69) is 39.7 Å². The van der Waals surface area contributed by atoms with E-state index in [9.17, 15) is 14.9 Å². The molecule has 9 heteroatoms. The van der Waals surface area contributed by atoms with Gasteiger partial charge in [0.15, 0.2) is 0 Å². The number of amidine groups is 1. The van der Waals surface area contributed by atoms with Gasteiger partial charge >= 0.3 is 0 Å². The molecule has 0 radical (unpaired) electrons. The summed E-state index contributed by atoms with van der Waals surface area (Å²) in [5, 5.41) is 16.4. The van der Waals surface area contributed by atoms with Crippen molar-refractivity contribution >= 4 is 29.0 Å². The third-order valence-corrected chi connectivity index (χ3v) is 9.03. The lowest BCUT2D eigenvalue weighted by molar-refractivity contribution is -0.127. The van der Waals surface area contributed by atoms with Gasteiger partial charge in [-0.25, -0.2) is 9.98 Å². The molecule has 2 amide bonds. The number of nitriles is 1. The number of nitrogens with two attached hydrogens (primary N) is 1. The monoisotopic (exact) mass is 617 g/mol. The van der Waals surface area contributed by atoms with Crippen molar-refractivity contribution in [3.05, 3.63) is 101 Å². The van der Waals surface area contributed by atoms with E-state index in [-0.39, 0.29) is 35.3 Å². The molecule has 3 heterocycles. The second-order valence-electron chi connectivity index (χ2n) is 12.5. The summed E-state index contributed by atoms with van der Waals surface area (Å²) < 4.78 is 0. The summed E-state index contributed by atoms with van der Waals surface area (Å²) in [7, 11) is 0. The first-order valence-electron chi connectivity index (χ1n) is 16.2. The van der Waals surface area contributed by atoms with Gasteiger partial charge in [0.05, 0.1) is 11.7 Å². The van der Waals surface area contributed by atoms with E-state index in [1.807, 2.05) is 49.9 Å². The SMILES string of the molecule is C/C=C\N=C(N)C1=C(c2ccc(C(=O)Nc3ccccn3)cc2)C(CC)C=C([C@@H]2C3CCCC3CN2C(=O)/C(C#N)=C\C(C)C)N1. The Balaban J connectivity index is 1.52. The Morgan fingerprint density at radius 3 is 2.65 bits per heavy atom. The smallest absolute Gasteiger partial charge is 0.264 e. The van der Waals surface area contributed by atoms with Gasteiger partial charge in [0.2, 0.25) is 0 Å². The number of rotatable bonds is 9. The highest BCUT2D eigenvalue weighted by Crippen LogP contribution is 2.46. The van der Waals surface area contributed by atoms with E-state index in [0.717, 1.165) is 42.5 Å².